The minimum Gasteiger partial charge on any atom is -0.288 e. The molecule has 3 heteroatoms. The summed E-state index contributed by atoms with van der Waals surface area (Å²) in [4.78, 5) is 12.5. The molecule has 1 unspecified atom stereocenters. The van der Waals surface area contributed by atoms with Gasteiger partial charge in [0.25, 0.3) is 0 Å². The van der Waals surface area contributed by atoms with Crippen LogP contribution in [0.4, 0.5) is 0 Å². The van der Waals surface area contributed by atoms with Crippen molar-refractivity contribution in [2.75, 3.05) is 0 Å². The lowest BCUT2D eigenvalue weighted by Crippen LogP contribution is -2.28. The SMILES string of the molecule is CC(C)N1Cc2c(nc(C(C)(C)C)nc2C(C)(C)C)C1C. The summed E-state index contributed by atoms with van der Waals surface area (Å²) in [6.45, 7) is 21.1. The highest BCUT2D eigenvalue weighted by Crippen LogP contribution is 2.39. The molecule has 1 aliphatic rings. The molecule has 1 aromatic heterocycles. The molecule has 2 rings (SSSR count). The smallest absolute Gasteiger partial charge is 0.134 e. The zero-order valence-electron chi connectivity index (χ0n) is 15.2. The van der Waals surface area contributed by atoms with Gasteiger partial charge in [0.2, 0.25) is 0 Å². The van der Waals surface area contributed by atoms with E-state index in [2.05, 4.69) is 67.2 Å². The summed E-state index contributed by atoms with van der Waals surface area (Å²) in [6.07, 6.45) is 0. The minimum atomic E-state index is -0.0139. The van der Waals surface area contributed by atoms with Gasteiger partial charge in [-0.3, -0.25) is 4.90 Å². The highest BCUT2D eigenvalue weighted by atomic mass is 15.2. The van der Waals surface area contributed by atoms with Crippen LogP contribution in [0.5, 0.6) is 0 Å². The largest absolute Gasteiger partial charge is 0.288 e. The summed E-state index contributed by atoms with van der Waals surface area (Å²) < 4.78 is 0. The van der Waals surface area contributed by atoms with Gasteiger partial charge in [-0.05, 0) is 20.8 Å². The Balaban J connectivity index is 2.65. The van der Waals surface area contributed by atoms with Gasteiger partial charge in [-0.25, -0.2) is 9.97 Å². The van der Waals surface area contributed by atoms with Crippen LogP contribution in [0.3, 0.4) is 0 Å². The predicted octanol–water partition coefficient (Wildman–Crippen LogP) is 4.36. The predicted molar refractivity (Wildman–Crippen MR) is 88.5 cm³/mol. The Kier molecular flexibility index (Phi) is 3.94. The summed E-state index contributed by atoms with van der Waals surface area (Å²) in [5, 5.41) is 0. The van der Waals surface area contributed by atoms with E-state index in [-0.39, 0.29) is 10.8 Å². The van der Waals surface area contributed by atoms with Crippen LogP contribution in [0.15, 0.2) is 0 Å². The van der Waals surface area contributed by atoms with E-state index in [1.807, 2.05) is 0 Å². The summed E-state index contributed by atoms with van der Waals surface area (Å²) in [7, 11) is 0. The molecule has 1 aromatic rings. The molecule has 118 valence electrons. The van der Waals surface area contributed by atoms with Crippen LogP contribution in [0.1, 0.15) is 91.1 Å². The highest BCUT2D eigenvalue weighted by Gasteiger charge is 2.36. The first kappa shape index (κ1) is 16.4. The van der Waals surface area contributed by atoms with Gasteiger partial charge in [0.15, 0.2) is 0 Å². The lowest BCUT2D eigenvalue weighted by Gasteiger charge is -2.25. The van der Waals surface area contributed by atoms with Gasteiger partial charge in [-0.15, -0.1) is 0 Å². The van der Waals surface area contributed by atoms with Crippen molar-refractivity contribution in [3.05, 3.63) is 22.8 Å². The van der Waals surface area contributed by atoms with Crippen LogP contribution < -0.4 is 0 Å². The lowest BCUT2D eigenvalue weighted by atomic mass is 9.86. The molecule has 0 saturated carbocycles. The van der Waals surface area contributed by atoms with Crippen LogP contribution in [0.25, 0.3) is 0 Å². The van der Waals surface area contributed by atoms with Crippen molar-refractivity contribution in [1.82, 2.24) is 14.9 Å². The van der Waals surface area contributed by atoms with E-state index in [1.165, 1.54) is 17.0 Å². The van der Waals surface area contributed by atoms with Crippen molar-refractivity contribution in [2.24, 2.45) is 0 Å². The molecule has 0 saturated heterocycles. The fraction of sp³-hybridized carbons (Fsp3) is 0.778. The molecule has 3 nitrogen and oxygen atoms in total. The molecule has 0 spiro atoms. The molecule has 0 bridgehead atoms. The monoisotopic (exact) mass is 289 g/mol. The van der Waals surface area contributed by atoms with E-state index in [0.717, 1.165) is 12.4 Å². The number of aromatic nitrogens is 2. The average Bonchev–Trinajstić information content (AvgIpc) is 2.63. The Hall–Kier alpha value is -0.960. The average molecular weight is 289 g/mol. The quantitative estimate of drug-likeness (QED) is 0.769. The maximum atomic E-state index is 4.98. The zero-order chi connectivity index (χ0) is 16.2. The number of hydrogen-bond acceptors (Lipinski definition) is 3. The third-order valence-corrected chi connectivity index (χ3v) is 4.32. The van der Waals surface area contributed by atoms with Crippen molar-refractivity contribution in [3.8, 4) is 0 Å². The van der Waals surface area contributed by atoms with Gasteiger partial charge in [-0.2, -0.15) is 0 Å². The first-order valence-electron chi connectivity index (χ1n) is 8.10. The van der Waals surface area contributed by atoms with Crippen molar-refractivity contribution in [1.29, 1.82) is 0 Å². The molecule has 21 heavy (non-hydrogen) atoms. The van der Waals surface area contributed by atoms with Crippen molar-refractivity contribution < 1.29 is 0 Å². The molecule has 0 aliphatic carbocycles. The Bertz CT molecular complexity index is 533. The van der Waals surface area contributed by atoms with Crippen LogP contribution in [0.2, 0.25) is 0 Å². The highest BCUT2D eigenvalue weighted by molar-refractivity contribution is 5.37. The van der Waals surface area contributed by atoms with E-state index in [0.29, 0.717) is 12.1 Å². The van der Waals surface area contributed by atoms with Gasteiger partial charge >= 0.3 is 0 Å². The minimum absolute atomic E-state index is 0.0139. The van der Waals surface area contributed by atoms with Crippen LogP contribution in [-0.2, 0) is 17.4 Å². The van der Waals surface area contributed by atoms with E-state index in [4.69, 9.17) is 9.97 Å². The lowest BCUT2D eigenvalue weighted by molar-refractivity contribution is 0.177. The van der Waals surface area contributed by atoms with E-state index in [1.54, 1.807) is 0 Å². The maximum Gasteiger partial charge on any atom is 0.134 e. The molecular formula is C18H31N3. The molecule has 0 fully saturated rings. The Morgan fingerprint density at radius 1 is 1.00 bits per heavy atom. The molecule has 1 aliphatic heterocycles. The van der Waals surface area contributed by atoms with E-state index in [9.17, 15) is 0 Å². The summed E-state index contributed by atoms with van der Waals surface area (Å²) in [6, 6.07) is 0.908. The van der Waals surface area contributed by atoms with Gasteiger partial charge < -0.3 is 0 Å². The van der Waals surface area contributed by atoms with E-state index < -0.39 is 0 Å². The van der Waals surface area contributed by atoms with Gasteiger partial charge in [0.05, 0.1) is 17.4 Å². The number of fused-ring (bicyclic) bond motifs is 1. The molecule has 0 radical (unpaired) electrons. The second-order valence-electron chi connectivity index (χ2n) is 8.70. The Morgan fingerprint density at radius 2 is 1.57 bits per heavy atom. The fourth-order valence-electron chi connectivity index (χ4n) is 3.06. The molecule has 0 N–H and O–H groups in total. The second-order valence-corrected chi connectivity index (χ2v) is 8.70. The second kappa shape index (κ2) is 5.05. The van der Waals surface area contributed by atoms with Crippen molar-refractivity contribution in [2.45, 2.75) is 91.8 Å². The number of hydrogen-bond donors (Lipinski definition) is 0. The van der Waals surface area contributed by atoms with Gasteiger partial charge in [-0.1, -0.05) is 41.5 Å². The Morgan fingerprint density at radius 3 is 2.00 bits per heavy atom. The summed E-state index contributed by atoms with van der Waals surface area (Å²) in [5.74, 6) is 0.976. The normalized spacial score (nSPS) is 20.2. The Labute approximate surface area is 130 Å². The molecule has 1 atom stereocenters. The van der Waals surface area contributed by atoms with Crippen LogP contribution in [0, 0.1) is 0 Å². The standard InChI is InChI=1S/C18H31N3/c1-11(2)21-10-13-14(12(21)3)19-16(18(7,8)9)20-15(13)17(4,5)6/h11-12H,10H2,1-9H3. The van der Waals surface area contributed by atoms with Gasteiger partial charge in [0, 0.05) is 29.0 Å². The first-order valence-corrected chi connectivity index (χ1v) is 8.10. The third kappa shape index (κ3) is 2.98. The molecule has 0 amide bonds. The molecule has 0 aromatic carbocycles. The third-order valence-electron chi connectivity index (χ3n) is 4.32. The molecular weight excluding hydrogens is 258 g/mol. The zero-order valence-corrected chi connectivity index (χ0v) is 15.2. The summed E-state index contributed by atoms with van der Waals surface area (Å²) >= 11 is 0. The first-order chi connectivity index (χ1) is 9.43. The fourth-order valence-corrected chi connectivity index (χ4v) is 3.06. The maximum absolute atomic E-state index is 4.98. The molecule has 2 heterocycles. The van der Waals surface area contributed by atoms with Crippen molar-refractivity contribution in [3.63, 3.8) is 0 Å². The van der Waals surface area contributed by atoms with Gasteiger partial charge in [0.1, 0.15) is 5.82 Å². The van der Waals surface area contributed by atoms with Crippen molar-refractivity contribution >= 4 is 0 Å². The number of nitrogens with zero attached hydrogens (tertiary/aromatic N) is 3. The topological polar surface area (TPSA) is 29.0 Å². The van der Waals surface area contributed by atoms with E-state index >= 15 is 0 Å². The van der Waals surface area contributed by atoms with Crippen LogP contribution in [-0.4, -0.2) is 20.9 Å². The van der Waals surface area contributed by atoms with Crippen LogP contribution >= 0.6 is 0 Å². The summed E-state index contributed by atoms with van der Waals surface area (Å²) in [5.41, 5.74) is 3.87. The number of rotatable bonds is 1.